The molecule has 1 aliphatic rings. The van der Waals surface area contributed by atoms with E-state index in [0.717, 1.165) is 23.3 Å². The molecule has 0 bridgehead atoms. The highest BCUT2D eigenvalue weighted by Crippen LogP contribution is 2.31. The second-order valence-electron chi connectivity index (χ2n) is 4.94. The van der Waals surface area contributed by atoms with Gasteiger partial charge in [-0.05, 0) is 36.5 Å². The van der Waals surface area contributed by atoms with Gasteiger partial charge in [0.05, 0.1) is 9.80 Å². The third-order valence-corrected chi connectivity index (χ3v) is 4.81. The van der Waals surface area contributed by atoms with Crippen molar-refractivity contribution in [2.24, 2.45) is 0 Å². The van der Waals surface area contributed by atoms with Crippen molar-refractivity contribution in [3.63, 3.8) is 0 Å². The molecule has 0 N–H and O–H groups in total. The number of nitro groups is 1. The van der Waals surface area contributed by atoms with Crippen LogP contribution in [0.2, 0.25) is 0 Å². The fourth-order valence-electron chi connectivity index (χ4n) is 2.47. The zero-order valence-electron chi connectivity index (χ0n) is 10.8. The summed E-state index contributed by atoms with van der Waals surface area (Å²) in [5.41, 5.74) is 2.19. The van der Waals surface area contributed by atoms with Crippen LogP contribution in [0.3, 0.4) is 0 Å². The summed E-state index contributed by atoms with van der Waals surface area (Å²) in [4.78, 5) is 24.5. The van der Waals surface area contributed by atoms with Crippen LogP contribution < -0.4 is 0 Å². The molecule has 20 heavy (non-hydrogen) atoms. The van der Waals surface area contributed by atoms with Crippen molar-refractivity contribution in [1.29, 1.82) is 0 Å². The first-order valence-corrected chi connectivity index (χ1v) is 7.33. The third kappa shape index (κ3) is 2.49. The first-order valence-electron chi connectivity index (χ1n) is 6.51. The number of Topliss-reactive ketones (excluding diaryl/α,β-unsaturated/α-hetero) is 1. The second kappa shape index (κ2) is 5.17. The molecule has 3 rings (SSSR count). The van der Waals surface area contributed by atoms with Gasteiger partial charge in [-0.15, -0.1) is 11.3 Å². The molecule has 1 aromatic heterocycles. The van der Waals surface area contributed by atoms with Crippen LogP contribution in [0.1, 0.15) is 32.1 Å². The Morgan fingerprint density at radius 2 is 2.00 bits per heavy atom. The van der Waals surface area contributed by atoms with Crippen LogP contribution >= 0.6 is 11.3 Å². The Bertz CT molecular complexity index is 651. The summed E-state index contributed by atoms with van der Waals surface area (Å²) in [7, 11) is 0. The average molecular weight is 287 g/mol. The highest BCUT2D eigenvalue weighted by Gasteiger charge is 2.18. The van der Waals surface area contributed by atoms with Crippen LogP contribution in [0.4, 0.5) is 5.69 Å². The lowest BCUT2D eigenvalue weighted by Gasteiger charge is -1.99. The molecule has 0 fully saturated rings. The smallest absolute Gasteiger partial charge is 0.269 e. The van der Waals surface area contributed by atoms with E-state index in [1.807, 2.05) is 6.07 Å². The van der Waals surface area contributed by atoms with Gasteiger partial charge in [-0.3, -0.25) is 14.9 Å². The van der Waals surface area contributed by atoms with Gasteiger partial charge in [0, 0.05) is 23.4 Å². The molecule has 0 unspecified atom stereocenters. The minimum absolute atomic E-state index is 0.0521. The highest BCUT2D eigenvalue weighted by atomic mass is 32.1. The Balaban J connectivity index is 1.73. The van der Waals surface area contributed by atoms with E-state index in [4.69, 9.17) is 0 Å². The molecule has 0 saturated carbocycles. The molecule has 0 saturated heterocycles. The summed E-state index contributed by atoms with van der Waals surface area (Å²) in [5, 5.41) is 10.6. The molecular weight excluding hydrogens is 274 g/mol. The minimum Gasteiger partial charge on any atom is -0.293 e. The van der Waals surface area contributed by atoms with Crippen molar-refractivity contribution in [3.8, 4) is 0 Å². The summed E-state index contributed by atoms with van der Waals surface area (Å²) in [5.74, 6) is 0.0956. The number of rotatable bonds is 4. The molecule has 5 heteroatoms. The van der Waals surface area contributed by atoms with E-state index in [-0.39, 0.29) is 11.5 Å². The molecule has 102 valence electrons. The van der Waals surface area contributed by atoms with E-state index >= 15 is 0 Å². The zero-order valence-corrected chi connectivity index (χ0v) is 11.6. The first-order chi connectivity index (χ1) is 9.63. The van der Waals surface area contributed by atoms with Gasteiger partial charge in [-0.1, -0.05) is 12.1 Å². The number of thiophene rings is 1. The Hall–Kier alpha value is -2.01. The van der Waals surface area contributed by atoms with Gasteiger partial charge in [0.25, 0.3) is 5.69 Å². The lowest BCUT2D eigenvalue weighted by Crippen LogP contribution is -2.01. The quantitative estimate of drug-likeness (QED) is 0.490. The maximum absolute atomic E-state index is 12.2. The number of hydrogen-bond donors (Lipinski definition) is 0. The maximum atomic E-state index is 12.2. The van der Waals surface area contributed by atoms with Gasteiger partial charge in [-0.2, -0.15) is 0 Å². The molecule has 0 radical (unpaired) electrons. The topological polar surface area (TPSA) is 60.2 Å². The summed E-state index contributed by atoms with van der Waals surface area (Å²) in [6.45, 7) is 0. The zero-order chi connectivity index (χ0) is 14.1. The van der Waals surface area contributed by atoms with Crippen LogP contribution in [0, 0.1) is 10.1 Å². The van der Waals surface area contributed by atoms with E-state index < -0.39 is 4.92 Å². The Morgan fingerprint density at radius 3 is 2.65 bits per heavy atom. The number of nitrogens with zero attached hydrogens (tertiary/aromatic N) is 1. The van der Waals surface area contributed by atoms with E-state index in [9.17, 15) is 14.9 Å². The Kier molecular flexibility index (Phi) is 3.36. The highest BCUT2D eigenvalue weighted by molar-refractivity contribution is 7.14. The van der Waals surface area contributed by atoms with Gasteiger partial charge in [0.15, 0.2) is 5.78 Å². The molecular formula is C15H13NO3S. The fraction of sp³-hybridized carbons (Fsp3) is 0.267. The van der Waals surface area contributed by atoms with Crippen LogP contribution in [-0.4, -0.2) is 10.7 Å². The van der Waals surface area contributed by atoms with Gasteiger partial charge < -0.3 is 0 Å². The minimum atomic E-state index is -0.435. The van der Waals surface area contributed by atoms with Crippen molar-refractivity contribution in [3.05, 3.63) is 61.3 Å². The van der Waals surface area contributed by atoms with E-state index in [0.29, 0.717) is 6.42 Å². The van der Waals surface area contributed by atoms with Crippen molar-refractivity contribution in [2.75, 3.05) is 0 Å². The number of non-ortho nitro benzene ring substituents is 1. The Morgan fingerprint density at radius 1 is 1.25 bits per heavy atom. The number of carbonyl (C=O) groups is 1. The monoisotopic (exact) mass is 287 g/mol. The van der Waals surface area contributed by atoms with E-state index in [1.165, 1.54) is 29.0 Å². The predicted octanol–water partition coefficient (Wildman–Crippen LogP) is 3.57. The molecule has 2 aromatic rings. The van der Waals surface area contributed by atoms with E-state index in [2.05, 4.69) is 0 Å². The normalized spacial score (nSPS) is 13.2. The van der Waals surface area contributed by atoms with E-state index in [1.54, 1.807) is 23.5 Å². The van der Waals surface area contributed by atoms with Gasteiger partial charge in [0.1, 0.15) is 0 Å². The van der Waals surface area contributed by atoms with Crippen molar-refractivity contribution in [2.45, 2.75) is 25.7 Å². The average Bonchev–Trinajstić information content (AvgIpc) is 2.99. The van der Waals surface area contributed by atoms with Crippen LogP contribution in [-0.2, 0) is 19.3 Å². The summed E-state index contributed by atoms with van der Waals surface area (Å²) >= 11 is 1.60. The summed E-state index contributed by atoms with van der Waals surface area (Å²) < 4.78 is 0. The number of hydrogen-bond acceptors (Lipinski definition) is 4. The molecule has 1 heterocycles. The van der Waals surface area contributed by atoms with Crippen molar-refractivity contribution >= 4 is 22.8 Å². The molecule has 0 amide bonds. The first kappa shape index (κ1) is 13.0. The van der Waals surface area contributed by atoms with Crippen LogP contribution in [0.15, 0.2) is 30.3 Å². The molecule has 1 aliphatic carbocycles. The van der Waals surface area contributed by atoms with Gasteiger partial charge >= 0.3 is 0 Å². The fourth-order valence-corrected chi connectivity index (χ4v) is 3.67. The number of fused-ring (bicyclic) bond motifs is 1. The SMILES string of the molecule is O=C(Cc1ccc([N+](=O)[O-])cc1)c1cc2c(s1)CCC2. The molecule has 0 spiro atoms. The number of carbonyl (C=O) groups excluding carboxylic acids is 1. The van der Waals surface area contributed by atoms with Crippen LogP contribution in [0.5, 0.6) is 0 Å². The van der Waals surface area contributed by atoms with Crippen molar-refractivity contribution in [1.82, 2.24) is 0 Å². The number of nitro benzene ring substituents is 1. The van der Waals surface area contributed by atoms with Gasteiger partial charge in [-0.25, -0.2) is 0 Å². The summed E-state index contributed by atoms with van der Waals surface area (Å²) in [6, 6.07) is 8.20. The molecule has 4 nitrogen and oxygen atoms in total. The lowest BCUT2D eigenvalue weighted by atomic mass is 10.1. The Labute approximate surface area is 120 Å². The third-order valence-electron chi connectivity index (χ3n) is 3.53. The van der Waals surface area contributed by atoms with Gasteiger partial charge in [0.2, 0.25) is 0 Å². The maximum Gasteiger partial charge on any atom is 0.269 e. The summed E-state index contributed by atoms with van der Waals surface area (Å²) in [6.07, 6.45) is 3.66. The standard InChI is InChI=1S/C15H13NO3S/c17-13(15-9-11-2-1-3-14(11)20-15)8-10-4-6-12(7-5-10)16(18)19/h4-7,9H,1-3,8H2. The van der Waals surface area contributed by atoms with Crippen molar-refractivity contribution < 1.29 is 9.72 Å². The number of benzene rings is 1. The largest absolute Gasteiger partial charge is 0.293 e. The number of aryl methyl sites for hydroxylation is 2. The molecule has 0 aliphatic heterocycles. The van der Waals surface area contributed by atoms with Crippen LogP contribution in [0.25, 0.3) is 0 Å². The number of ketones is 1. The molecule has 1 aromatic carbocycles. The lowest BCUT2D eigenvalue weighted by molar-refractivity contribution is -0.384. The second-order valence-corrected chi connectivity index (χ2v) is 6.07. The molecule has 0 atom stereocenters. The predicted molar refractivity (Wildman–Crippen MR) is 77.5 cm³/mol.